The van der Waals surface area contributed by atoms with E-state index in [0.717, 1.165) is 57.8 Å². The van der Waals surface area contributed by atoms with Crippen LogP contribution in [0, 0.1) is 0 Å². The van der Waals surface area contributed by atoms with Crippen LogP contribution >= 0.6 is 7.82 Å². The quantitative estimate of drug-likeness (QED) is 0.0212. The van der Waals surface area contributed by atoms with Crippen LogP contribution < -0.4 is 10.2 Å². The smallest absolute Gasteiger partial charge is 0.306 e. The zero-order chi connectivity index (χ0) is 55.0. The third-order valence-electron chi connectivity index (χ3n) is 14.9. The largest absolute Gasteiger partial charge is 0.756 e. The molecule has 444 valence electrons. The van der Waals surface area contributed by atoms with Crippen molar-refractivity contribution < 1.29 is 37.3 Å². The number of phosphoric acid groups is 1. The molecule has 0 saturated carbocycles. The predicted molar refractivity (Wildman–Crippen MR) is 321 cm³/mol. The monoisotopic (exact) mass is 1080 g/mol. The van der Waals surface area contributed by atoms with Crippen LogP contribution in [0.4, 0.5) is 0 Å². The molecule has 0 aliphatic heterocycles. The van der Waals surface area contributed by atoms with Gasteiger partial charge >= 0.3 is 5.97 Å². The topological polar surface area (TPSA) is 114 Å². The average Bonchev–Trinajstić information content (AvgIpc) is 3.37. The van der Waals surface area contributed by atoms with E-state index in [-0.39, 0.29) is 31.5 Å². The first-order chi connectivity index (χ1) is 36.4. The highest BCUT2D eigenvalue weighted by Gasteiger charge is 2.27. The van der Waals surface area contributed by atoms with Gasteiger partial charge in [0.15, 0.2) is 0 Å². The molecule has 0 bridgehead atoms. The van der Waals surface area contributed by atoms with Crippen molar-refractivity contribution in [2.24, 2.45) is 0 Å². The number of phosphoric ester groups is 1. The van der Waals surface area contributed by atoms with Gasteiger partial charge < -0.3 is 28.5 Å². The number of allylic oxidation sites excluding steroid dienone is 3. The number of unbranched alkanes of at least 4 members (excludes halogenated alkanes) is 42. The summed E-state index contributed by atoms with van der Waals surface area (Å²) in [6.45, 7) is 6.89. The molecule has 0 radical (unpaired) electrons. The predicted octanol–water partition coefficient (Wildman–Crippen LogP) is 19.5. The fourth-order valence-corrected chi connectivity index (χ4v) is 10.5. The lowest BCUT2D eigenvalue weighted by Crippen LogP contribution is -2.47. The lowest BCUT2D eigenvalue weighted by atomic mass is 10.0. The number of quaternary nitrogens is 1. The van der Waals surface area contributed by atoms with Gasteiger partial charge in [0, 0.05) is 12.8 Å². The molecule has 0 heterocycles. The Balaban J connectivity index is 5.15. The van der Waals surface area contributed by atoms with Crippen molar-refractivity contribution in [3.63, 3.8) is 0 Å². The Morgan fingerprint density at radius 3 is 1.13 bits per heavy atom. The van der Waals surface area contributed by atoms with Gasteiger partial charge in [0.1, 0.15) is 19.3 Å². The average molecular weight is 1080 g/mol. The molecule has 10 heteroatoms. The molecule has 0 spiro atoms. The van der Waals surface area contributed by atoms with E-state index in [1.165, 1.54) is 238 Å². The molecule has 3 atom stereocenters. The number of nitrogens with one attached hydrogen (secondary N) is 1. The normalized spacial score (nSPS) is 13.7. The molecule has 0 aliphatic rings. The highest BCUT2D eigenvalue weighted by atomic mass is 31.2. The van der Waals surface area contributed by atoms with E-state index in [1.54, 1.807) is 0 Å². The van der Waals surface area contributed by atoms with Crippen molar-refractivity contribution in [1.29, 1.82) is 0 Å². The zero-order valence-electron chi connectivity index (χ0n) is 50.8. The summed E-state index contributed by atoms with van der Waals surface area (Å²) in [5, 5.41) is 3.04. The summed E-state index contributed by atoms with van der Waals surface area (Å²) in [6.07, 6.45) is 65.7. The summed E-state index contributed by atoms with van der Waals surface area (Å²) >= 11 is 0. The van der Waals surface area contributed by atoms with Crippen LogP contribution in [0.25, 0.3) is 0 Å². The number of amides is 1. The van der Waals surface area contributed by atoms with Gasteiger partial charge in [-0.3, -0.25) is 14.2 Å². The van der Waals surface area contributed by atoms with E-state index in [2.05, 4.69) is 38.2 Å². The maximum absolute atomic E-state index is 13.5. The van der Waals surface area contributed by atoms with Crippen LogP contribution in [0.2, 0.25) is 0 Å². The third-order valence-corrected chi connectivity index (χ3v) is 15.8. The van der Waals surface area contributed by atoms with Crippen molar-refractivity contribution in [2.75, 3.05) is 40.9 Å². The summed E-state index contributed by atoms with van der Waals surface area (Å²) in [6, 6.07) is -0.882. The van der Waals surface area contributed by atoms with E-state index in [0.29, 0.717) is 17.4 Å². The number of hydrogen-bond acceptors (Lipinski definition) is 7. The first-order valence-corrected chi connectivity index (χ1v) is 34.1. The second kappa shape index (κ2) is 55.8. The number of likely N-dealkylation sites (N-methyl/N-ethyl adjacent to an activating group) is 1. The summed E-state index contributed by atoms with van der Waals surface area (Å²) in [5.74, 6) is -0.523. The van der Waals surface area contributed by atoms with Crippen LogP contribution in [-0.2, 0) is 27.9 Å². The molecule has 0 aromatic rings. The molecule has 0 rings (SSSR count). The molecule has 0 saturated heterocycles. The minimum absolute atomic E-state index is 0.0184. The van der Waals surface area contributed by atoms with Crippen LogP contribution in [0.15, 0.2) is 24.3 Å². The fourth-order valence-electron chi connectivity index (χ4n) is 9.81. The zero-order valence-corrected chi connectivity index (χ0v) is 51.7. The fraction of sp³-hybridized carbons (Fsp3) is 0.908. The van der Waals surface area contributed by atoms with Crippen molar-refractivity contribution >= 4 is 19.7 Å². The molecule has 0 aliphatic carbocycles. The maximum atomic E-state index is 13.5. The Kier molecular flexibility index (Phi) is 54.7. The number of rotatable bonds is 60. The van der Waals surface area contributed by atoms with Gasteiger partial charge in [0.05, 0.1) is 33.8 Å². The first kappa shape index (κ1) is 73.5. The number of carbonyl (C=O) groups is 2. The van der Waals surface area contributed by atoms with E-state index in [4.69, 9.17) is 13.8 Å². The van der Waals surface area contributed by atoms with Crippen molar-refractivity contribution in [1.82, 2.24) is 5.32 Å². The van der Waals surface area contributed by atoms with Gasteiger partial charge in [0.2, 0.25) is 5.91 Å². The van der Waals surface area contributed by atoms with Gasteiger partial charge in [-0.05, 0) is 57.4 Å². The molecular weight excluding hydrogens is 952 g/mol. The van der Waals surface area contributed by atoms with Gasteiger partial charge in [-0.2, -0.15) is 0 Å². The standard InChI is InChI=1S/C65H127N2O7P/c1-7-10-13-16-19-22-25-28-30-32-33-34-35-36-38-40-43-46-49-52-55-58-65(69)74-63(56-53-50-47-44-41-27-24-21-18-15-12-9-3)62(61-73-75(70,71)72-60-59-67(4,5)6)66-64(68)57-54-51-48-45-42-39-37-31-29-26-23-20-17-14-11-8-2/h28,30,53,56,62-63H,7-27,29,31-52,54-55,57-61H2,1-6H3,(H-,66,68,70,71)/b30-28+,56-53+. The van der Waals surface area contributed by atoms with Gasteiger partial charge in [-0.1, -0.05) is 283 Å². The Bertz CT molecular complexity index is 1340. The summed E-state index contributed by atoms with van der Waals surface area (Å²) < 4.78 is 30.4. The van der Waals surface area contributed by atoms with Gasteiger partial charge in [0.25, 0.3) is 7.82 Å². The highest BCUT2D eigenvalue weighted by Crippen LogP contribution is 2.38. The van der Waals surface area contributed by atoms with Crippen molar-refractivity contribution in [2.45, 2.75) is 341 Å². The summed E-state index contributed by atoms with van der Waals surface area (Å²) in [5.41, 5.74) is 0. The van der Waals surface area contributed by atoms with Crippen molar-refractivity contribution in [3.8, 4) is 0 Å². The Morgan fingerprint density at radius 2 is 0.773 bits per heavy atom. The van der Waals surface area contributed by atoms with E-state index in [1.807, 2.05) is 33.3 Å². The number of esters is 1. The molecule has 75 heavy (non-hydrogen) atoms. The van der Waals surface area contributed by atoms with Gasteiger partial charge in [-0.15, -0.1) is 0 Å². The molecule has 1 N–H and O–H groups in total. The van der Waals surface area contributed by atoms with Crippen LogP contribution in [-0.4, -0.2) is 69.4 Å². The number of hydrogen-bond donors (Lipinski definition) is 1. The molecule has 1 amide bonds. The van der Waals surface area contributed by atoms with E-state index in [9.17, 15) is 19.0 Å². The lowest BCUT2D eigenvalue weighted by Gasteiger charge is -2.30. The Hall–Kier alpha value is -1.51. The first-order valence-electron chi connectivity index (χ1n) is 32.6. The van der Waals surface area contributed by atoms with Crippen molar-refractivity contribution in [3.05, 3.63) is 24.3 Å². The van der Waals surface area contributed by atoms with Gasteiger partial charge in [-0.25, -0.2) is 0 Å². The Labute approximate surface area is 466 Å². The summed E-state index contributed by atoms with van der Waals surface area (Å²) in [7, 11) is 1.20. The van der Waals surface area contributed by atoms with Crippen LogP contribution in [0.1, 0.15) is 329 Å². The molecule has 9 nitrogen and oxygen atoms in total. The number of carbonyl (C=O) groups excluding carboxylic acids is 2. The molecule has 0 aromatic carbocycles. The Morgan fingerprint density at radius 1 is 0.453 bits per heavy atom. The maximum Gasteiger partial charge on any atom is 0.306 e. The lowest BCUT2D eigenvalue weighted by molar-refractivity contribution is -0.870. The second-order valence-corrected chi connectivity index (χ2v) is 25.0. The molecular formula is C65H127N2O7P. The number of nitrogens with zero attached hydrogens (tertiary/aromatic N) is 1. The van der Waals surface area contributed by atoms with Crippen LogP contribution in [0.3, 0.4) is 0 Å². The molecule has 0 fully saturated rings. The van der Waals surface area contributed by atoms with E-state index >= 15 is 0 Å². The van der Waals surface area contributed by atoms with Crippen LogP contribution in [0.5, 0.6) is 0 Å². The second-order valence-electron chi connectivity index (χ2n) is 23.6. The SMILES string of the molecule is CCCCCCCC/C=C/CCCCCCCCCCCCCC(=O)OC(/C=C/CCCCCCCCCCCC)C(COP(=O)([O-])OCC[N+](C)(C)C)NC(=O)CCCCCCCCCCCCCCCCCC. The highest BCUT2D eigenvalue weighted by molar-refractivity contribution is 7.45. The molecule has 3 unspecified atom stereocenters. The summed E-state index contributed by atoms with van der Waals surface area (Å²) in [4.78, 5) is 40.0. The minimum atomic E-state index is -4.69. The molecule has 0 aromatic heterocycles. The third kappa shape index (κ3) is 57.0. The number of ether oxygens (including phenoxy) is 1. The minimum Gasteiger partial charge on any atom is -0.756 e. The van der Waals surface area contributed by atoms with E-state index < -0.39 is 20.0 Å².